The average molecular weight is 330 g/mol. The van der Waals surface area contributed by atoms with Crippen LogP contribution in [-0.2, 0) is 9.63 Å². The highest BCUT2D eigenvalue weighted by atomic mass is 79.9. The molecule has 0 bridgehead atoms. The Morgan fingerprint density at radius 1 is 1.53 bits per heavy atom. The zero-order chi connectivity index (χ0) is 13.8. The van der Waals surface area contributed by atoms with Gasteiger partial charge in [0.15, 0.2) is 0 Å². The molecule has 0 saturated heterocycles. The van der Waals surface area contributed by atoms with Crippen LogP contribution in [0, 0.1) is 11.7 Å². The zero-order valence-electron chi connectivity index (χ0n) is 10.8. The summed E-state index contributed by atoms with van der Waals surface area (Å²) in [7, 11) is 0. The molecule has 0 aliphatic heterocycles. The van der Waals surface area contributed by atoms with Gasteiger partial charge in [0.1, 0.15) is 16.5 Å². The molecule has 0 spiro atoms. The maximum Gasteiger partial charge on any atom is 0.329 e. The smallest absolute Gasteiger partial charge is 0.329 e. The van der Waals surface area contributed by atoms with Gasteiger partial charge in [-0.25, -0.2) is 4.39 Å². The standard InChI is InChI=1S/C14H17BrFNO2/c1-10(18)19-17(13-5-3-2-4-12(13)16)14(15)9-8-11-6-7-11/h2-5,11,14H,6-9H2,1H3. The highest BCUT2D eigenvalue weighted by molar-refractivity contribution is 9.09. The molecule has 1 aromatic rings. The first kappa shape index (κ1) is 14.3. The van der Waals surface area contributed by atoms with Crippen LogP contribution in [0.25, 0.3) is 0 Å². The maximum atomic E-state index is 13.8. The fourth-order valence-electron chi connectivity index (χ4n) is 1.92. The Morgan fingerprint density at radius 3 is 2.79 bits per heavy atom. The van der Waals surface area contributed by atoms with Gasteiger partial charge in [-0.2, -0.15) is 5.06 Å². The van der Waals surface area contributed by atoms with Crippen molar-refractivity contribution in [1.29, 1.82) is 0 Å². The summed E-state index contributed by atoms with van der Waals surface area (Å²) < 4.78 is 13.8. The number of rotatable bonds is 6. The molecule has 0 amide bonds. The first-order chi connectivity index (χ1) is 9.08. The van der Waals surface area contributed by atoms with Crippen LogP contribution in [0.5, 0.6) is 0 Å². The van der Waals surface area contributed by atoms with E-state index in [0.29, 0.717) is 0 Å². The maximum absolute atomic E-state index is 13.8. The Kier molecular flexibility index (Phi) is 4.80. The number of carbonyl (C=O) groups is 1. The van der Waals surface area contributed by atoms with E-state index in [1.165, 1.54) is 30.9 Å². The Balaban J connectivity index is 2.09. The molecule has 0 aromatic heterocycles. The predicted octanol–water partition coefficient (Wildman–Crippen LogP) is 4.02. The summed E-state index contributed by atoms with van der Waals surface area (Å²) in [6, 6.07) is 6.28. The van der Waals surface area contributed by atoms with Gasteiger partial charge in [-0.3, -0.25) is 4.79 Å². The van der Waals surface area contributed by atoms with Crippen molar-refractivity contribution >= 4 is 27.6 Å². The number of para-hydroxylation sites is 1. The van der Waals surface area contributed by atoms with Crippen LogP contribution in [0.15, 0.2) is 24.3 Å². The lowest BCUT2D eigenvalue weighted by atomic mass is 10.2. The van der Waals surface area contributed by atoms with E-state index < -0.39 is 11.8 Å². The normalized spacial score (nSPS) is 15.9. The molecule has 2 rings (SSSR count). The highest BCUT2D eigenvalue weighted by Crippen LogP contribution is 2.36. The summed E-state index contributed by atoms with van der Waals surface area (Å²) in [6.07, 6.45) is 4.41. The second kappa shape index (κ2) is 6.37. The molecular formula is C14H17BrFNO2. The topological polar surface area (TPSA) is 29.5 Å². The first-order valence-corrected chi connectivity index (χ1v) is 7.36. The third-order valence-electron chi connectivity index (χ3n) is 3.08. The fourth-order valence-corrected chi connectivity index (χ4v) is 2.49. The molecule has 1 aliphatic carbocycles. The monoisotopic (exact) mass is 329 g/mol. The first-order valence-electron chi connectivity index (χ1n) is 6.44. The number of hydrogen-bond acceptors (Lipinski definition) is 3. The van der Waals surface area contributed by atoms with E-state index in [1.807, 2.05) is 0 Å². The van der Waals surface area contributed by atoms with Gasteiger partial charge >= 0.3 is 5.97 Å². The van der Waals surface area contributed by atoms with Gasteiger partial charge in [0.05, 0.1) is 0 Å². The SMILES string of the molecule is CC(=O)ON(c1ccccc1F)C(Br)CCC1CC1. The number of halogens is 2. The van der Waals surface area contributed by atoms with Crippen LogP contribution in [0.3, 0.4) is 0 Å². The van der Waals surface area contributed by atoms with Crippen LogP contribution < -0.4 is 5.06 Å². The molecule has 19 heavy (non-hydrogen) atoms. The van der Waals surface area contributed by atoms with Crippen molar-refractivity contribution in [2.75, 3.05) is 5.06 Å². The Bertz CT molecular complexity index is 451. The van der Waals surface area contributed by atoms with Crippen molar-refractivity contribution in [1.82, 2.24) is 0 Å². The number of hydroxylamine groups is 1. The third kappa shape index (κ3) is 4.20. The van der Waals surface area contributed by atoms with E-state index in [-0.39, 0.29) is 10.6 Å². The Hall–Kier alpha value is -1.10. The van der Waals surface area contributed by atoms with Crippen molar-refractivity contribution in [3.8, 4) is 0 Å². The molecule has 5 heteroatoms. The largest absolute Gasteiger partial charge is 0.340 e. The van der Waals surface area contributed by atoms with E-state index in [1.54, 1.807) is 18.2 Å². The van der Waals surface area contributed by atoms with Gasteiger partial charge < -0.3 is 4.84 Å². The van der Waals surface area contributed by atoms with Gasteiger partial charge in [0.2, 0.25) is 0 Å². The summed E-state index contributed by atoms with van der Waals surface area (Å²) in [6.45, 7) is 1.31. The van der Waals surface area contributed by atoms with Gasteiger partial charge in [-0.05, 0) is 30.9 Å². The van der Waals surface area contributed by atoms with Crippen LogP contribution in [0.2, 0.25) is 0 Å². The molecular weight excluding hydrogens is 313 g/mol. The van der Waals surface area contributed by atoms with Gasteiger partial charge in [-0.15, -0.1) is 0 Å². The Morgan fingerprint density at radius 2 is 2.21 bits per heavy atom. The number of benzene rings is 1. The number of carbonyl (C=O) groups excluding carboxylic acids is 1. The predicted molar refractivity (Wildman–Crippen MR) is 75.3 cm³/mol. The van der Waals surface area contributed by atoms with E-state index >= 15 is 0 Å². The second-order valence-electron chi connectivity index (χ2n) is 4.82. The quantitative estimate of drug-likeness (QED) is 0.448. The molecule has 1 atom stereocenters. The summed E-state index contributed by atoms with van der Waals surface area (Å²) in [5.74, 6) is -0.0846. The fraction of sp³-hybridized carbons (Fsp3) is 0.500. The Labute approximate surface area is 120 Å². The highest BCUT2D eigenvalue weighted by Gasteiger charge is 2.26. The van der Waals surface area contributed by atoms with E-state index in [9.17, 15) is 9.18 Å². The minimum absolute atomic E-state index is 0.214. The minimum Gasteiger partial charge on any atom is -0.340 e. The molecule has 1 aromatic carbocycles. The van der Waals surface area contributed by atoms with E-state index in [2.05, 4.69) is 15.9 Å². The number of alkyl halides is 1. The molecule has 3 nitrogen and oxygen atoms in total. The van der Waals surface area contributed by atoms with E-state index in [4.69, 9.17) is 4.84 Å². The molecule has 1 aliphatic rings. The summed E-state index contributed by atoms with van der Waals surface area (Å²) in [5, 5.41) is 1.32. The summed E-state index contributed by atoms with van der Waals surface area (Å²) in [4.78, 5) is 16.1. The van der Waals surface area contributed by atoms with Crippen molar-refractivity contribution < 1.29 is 14.0 Å². The molecule has 1 unspecified atom stereocenters. The lowest BCUT2D eigenvalue weighted by molar-refractivity contribution is -0.142. The van der Waals surface area contributed by atoms with Gasteiger partial charge in [0.25, 0.3) is 0 Å². The third-order valence-corrected chi connectivity index (χ3v) is 3.91. The molecule has 1 fully saturated rings. The van der Waals surface area contributed by atoms with Gasteiger partial charge in [-0.1, -0.05) is 40.9 Å². The van der Waals surface area contributed by atoms with Crippen molar-refractivity contribution in [2.24, 2.45) is 5.92 Å². The molecule has 0 radical (unpaired) electrons. The average Bonchev–Trinajstić information content (AvgIpc) is 3.18. The van der Waals surface area contributed by atoms with Crippen molar-refractivity contribution in [2.45, 2.75) is 37.6 Å². The molecule has 0 N–H and O–H groups in total. The van der Waals surface area contributed by atoms with Crippen LogP contribution in [0.1, 0.15) is 32.6 Å². The second-order valence-corrected chi connectivity index (χ2v) is 5.87. The van der Waals surface area contributed by atoms with Crippen LogP contribution in [0.4, 0.5) is 10.1 Å². The molecule has 0 heterocycles. The van der Waals surface area contributed by atoms with Crippen LogP contribution >= 0.6 is 15.9 Å². The van der Waals surface area contributed by atoms with E-state index in [0.717, 1.165) is 18.8 Å². The lowest BCUT2D eigenvalue weighted by Crippen LogP contribution is -2.33. The lowest BCUT2D eigenvalue weighted by Gasteiger charge is -2.27. The molecule has 1 saturated carbocycles. The van der Waals surface area contributed by atoms with Crippen LogP contribution in [-0.4, -0.2) is 10.9 Å². The van der Waals surface area contributed by atoms with Gasteiger partial charge in [0, 0.05) is 6.92 Å². The van der Waals surface area contributed by atoms with Crippen molar-refractivity contribution in [3.05, 3.63) is 30.1 Å². The van der Waals surface area contributed by atoms with Crippen molar-refractivity contribution in [3.63, 3.8) is 0 Å². The minimum atomic E-state index is -0.459. The number of hydrogen-bond donors (Lipinski definition) is 0. The molecule has 104 valence electrons. The zero-order valence-corrected chi connectivity index (χ0v) is 12.4. The number of nitrogens with zero attached hydrogens (tertiary/aromatic N) is 1. The summed E-state index contributed by atoms with van der Waals surface area (Å²) in [5.41, 5.74) is 0.273. The summed E-state index contributed by atoms with van der Waals surface area (Å²) >= 11 is 3.48. The number of anilines is 1.